The molecule has 1 heterocycles. The Balaban J connectivity index is 1.90. The largest absolute Gasteiger partial charge is 0.378 e. The van der Waals surface area contributed by atoms with Gasteiger partial charge in [0.1, 0.15) is 11.0 Å². The van der Waals surface area contributed by atoms with Crippen LogP contribution in [0.1, 0.15) is 5.56 Å². The van der Waals surface area contributed by atoms with Crippen LogP contribution in [0, 0.1) is 0 Å². The van der Waals surface area contributed by atoms with E-state index in [1.54, 1.807) is 0 Å². The minimum absolute atomic E-state index is 0.619. The summed E-state index contributed by atoms with van der Waals surface area (Å²) in [5.74, 6) is 0. The number of benzene rings is 2. The molecular weight excluding hydrogens is 381 g/mol. The van der Waals surface area contributed by atoms with Gasteiger partial charge in [0, 0.05) is 16.0 Å². The van der Waals surface area contributed by atoms with Crippen molar-refractivity contribution >= 4 is 67.6 Å². The van der Waals surface area contributed by atoms with E-state index < -0.39 is 0 Å². The van der Waals surface area contributed by atoms with Crippen molar-refractivity contribution < 1.29 is 0 Å². The number of nitrogens with zero attached hydrogens (tertiary/aromatic N) is 2. The van der Waals surface area contributed by atoms with Crippen molar-refractivity contribution in [1.29, 1.82) is 0 Å². The fourth-order valence-corrected chi connectivity index (χ4v) is 3.43. The number of aromatic nitrogens is 2. The molecule has 0 bridgehead atoms. The smallest absolute Gasteiger partial charge is 0.129 e. The van der Waals surface area contributed by atoms with Gasteiger partial charge < -0.3 is 5.32 Å². The van der Waals surface area contributed by atoms with Gasteiger partial charge in [-0.3, -0.25) is 0 Å². The van der Waals surface area contributed by atoms with Crippen LogP contribution in [0.3, 0.4) is 0 Å². The van der Waals surface area contributed by atoms with Gasteiger partial charge in [-0.05, 0) is 29.8 Å². The molecule has 0 aliphatic carbocycles. The number of hydrogen-bond acceptors (Lipinski definition) is 4. The summed E-state index contributed by atoms with van der Waals surface area (Å²) < 4.78 is 9.44. The molecule has 3 nitrogen and oxygen atoms in total. The number of anilines is 1. The summed E-state index contributed by atoms with van der Waals surface area (Å²) in [4.78, 5) is 0. The Labute approximate surface area is 138 Å². The zero-order valence-electron chi connectivity index (χ0n) is 10.0. The monoisotopic (exact) mass is 387 g/mol. The zero-order chi connectivity index (χ0) is 14.1. The van der Waals surface area contributed by atoms with Crippen molar-refractivity contribution in [1.82, 2.24) is 8.75 Å². The maximum atomic E-state index is 6.23. The zero-order valence-corrected chi connectivity index (χ0v) is 13.9. The van der Waals surface area contributed by atoms with Gasteiger partial charge in [0.15, 0.2) is 0 Å². The van der Waals surface area contributed by atoms with Crippen molar-refractivity contribution in [2.24, 2.45) is 0 Å². The van der Waals surface area contributed by atoms with E-state index in [1.165, 1.54) is 11.7 Å². The number of halogens is 3. The summed E-state index contributed by atoms with van der Waals surface area (Å²) in [7, 11) is 0. The molecule has 1 aromatic heterocycles. The minimum Gasteiger partial charge on any atom is -0.378 e. The fraction of sp³-hybridized carbons (Fsp3) is 0.0769. The van der Waals surface area contributed by atoms with E-state index in [9.17, 15) is 0 Å². The lowest BCUT2D eigenvalue weighted by Gasteiger charge is -2.10. The van der Waals surface area contributed by atoms with Crippen LogP contribution >= 0.6 is 50.9 Å². The summed E-state index contributed by atoms with van der Waals surface area (Å²) in [5, 5.41) is 4.65. The first-order chi connectivity index (χ1) is 9.65. The second kappa shape index (κ2) is 5.85. The van der Waals surface area contributed by atoms with Gasteiger partial charge in [0.05, 0.1) is 22.4 Å². The first-order valence-corrected chi connectivity index (χ1v) is 8.01. The van der Waals surface area contributed by atoms with E-state index in [2.05, 4.69) is 30.0 Å². The number of rotatable bonds is 3. The molecule has 3 rings (SSSR count). The highest BCUT2D eigenvalue weighted by atomic mass is 79.9. The van der Waals surface area contributed by atoms with Crippen molar-refractivity contribution in [3.05, 3.63) is 50.4 Å². The lowest BCUT2D eigenvalue weighted by molar-refractivity contribution is 1.14. The average Bonchev–Trinajstić information content (AvgIpc) is 2.88. The predicted molar refractivity (Wildman–Crippen MR) is 88.9 cm³/mol. The fourth-order valence-electron chi connectivity index (χ4n) is 1.84. The van der Waals surface area contributed by atoms with Gasteiger partial charge in [-0.25, -0.2) is 0 Å². The predicted octanol–water partition coefficient (Wildman–Crippen LogP) is 5.37. The normalized spacial score (nSPS) is 10.9. The van der Waals surface area contributed by atoms with E-state index in [0.29, 0.717) is 16.6 Å². The molecule has 0 atom stereocenters. The third-order valence-electron chi connectivity index (χ3n) is 2.85. The summed E-state index contributed by atoms with van der Waals surface area (Å²) in [5.41, 5.74) is 3.54. The van der Waals surface area contributed by atoms with Crippen LogP contribution in [0.2, 0.25) is 10.0 Å². The number of nitrogens with one attached hydrogen (secondary N) is 1. The molecule has 1 N–H and O–H groups in total. The summed E-state index contributed by atoms with van der Waals surface area (Å²) in [6, 6.07) is 9.38. The maximum Gasteiger partial charge on any atom is 0.129 e. The molecule has 0 aliphatic heterocycles. The first-order valence-electron chi connectivity index (χ1n) is 5.74. The van der Waals surface area contributed by atoms with E-state index in [0.717, 1.165) is 26.8 Å². The summed E-state index contributed by atoms with van der Waals surface area (Å²) in [6.45, 7) is 0.619. The van der Waals surface area contributed by atoms with Gasteiger partial charge in [-0.2, -0.15) is 8.75 Å². The van der Waals surface area contributed by atoms with Gasteiger partial charge in [0.25, 0.3) is 0 Å². The second-order valence-electron chi connectivity index (χ2n) is 4.14. The number of fused-ring (bicyclic) bond motifs is 1. The third-order valence-corrected chi connectivity index (χ3v) is 4.68. The molecule has 0 saturated carbocycles. The van der Waals surface area contributed by atoms with Crippen molar-refractivity contribution in [3.63, 3.8) is 0 Å². The van der Waals surface area contributed by atoms with Crippen LogP contribution in [0.25, 0.3) is 11.0 Å². The Kier molecular flexibility index (Phi) is 4.12. The SMILES string of the molecule is Clc1ccc(CNc2c(Cl)ccc3nsnc23)c(Br)c1. The summed E-state index contributed by atoms with van der Waals surface area (Å²) in [6.07, 6.45) is 0. The lowest BCUT2D eigenvalue weighted by Crippen LogP contribution is -2.01. The van der Waals surface area contributed by atoms with Gasteiger partial charge in [0.2, 0.25) is 0 Å². The van der Waals surface area contributed by atoms with Crippen LogP contribution < -0.4 is 5.32 Å². The molecule has 7 heteroatoms. The molecule has 0 radical (unpaired) electrons. The second-order valence-corrected chi connectivity index (χ2v) is 6.37. The highest BCUT2D eigenvalue weighted by Gasteiger charge is 2.10. The van der Waals surface area contributed by atoms with E-state index >= 15 is 0 Å². The van der Waals surface area contributed by atoms with Gasteiger partial charge in [-0.15, -0.1) is 0 Å². The van der Waals surface area contributed by atoms with Crippen LogP contribution in [0.15, 0.2) is 34.8 Å². The van der Waals surface area contributed by atoms with Crippen LogP contribution in [-0.2, 0) is 6.54 Å². The molecule has 3 aromatic rings. The molecule has 0 fully saturated rings. The molecular formula is C13H8BrCl2N3S. The molecule has 0 saturated heterocycles. The highest BCUT2D eigenvalue weighted by molar-refractivity contribution is 9.10. The van der Waals surface area contributed by atoms with E-state index in [-0.39, 0.29) is 0 Å². The minimum atomic E-state index is 0.619. The highest BCUT2D eigenvalue weighted by Crippen LogP contribution is 2.31. The number of hydrogen-bond donors (Lipinski definition) is 1. The Morgan fingerprint density at radius 3 is 2.80 bits per heavy atom. The molecule has 20 heavy (non-hydrogen) atoms. The molecule has 102 valence electrons. The topological polar surface area (TPSA) is 37.8 Å². The van der Waals surface area contributed by atoms with E-state index in [1.807, 2.05) is 30.3 Å². The lowest BCUT2D eigenvalue weighted by atomic mass is 10.2. The average molecular weight is 389 g/mol. The molecule has 0 spiro atoms. The summed E-state index contributed by atoms with van der Waals surface area (Å²) >= 11 is 16.8. The van der Waals surface area contributed by atoms with Gasteiger partial charge >= 0.3 is 0 Å². The van der Waals surface area contributed by atoms with Crippen molar-refractivity contribution in [3.8, 4) is 0 Å². The van der Waals surface area contributed by atoms with E-state index in [4.69, 9.17) is 23.2 Å². The Morgan fingerprint density at radius 2 is 2.00 bits per heavy atom. The van der Waals surface area contributed by atoms with Crippen molar-refractivity contribution in [2.75, 3.05) is 5.32 Å². The maximum absolute atomic E-state index is 6.23. The Hall–Kier alpha value is -0.880. The molecule has 0 amide bonds. The van der Waals surface area contributed by atoms with Crippen LogP contribution in [0.4, 0.5) is 5.69 Å². The van der Waals surface area contributed by atoms with Crippen LogP contribution in [-0.4, -0.2) is 8.75 Å². The van der Waals surface area contributed by atoms with Crippen molar-refractivity contribution in [2.45, 2.75) is 6.54 Å². The molecule has 0 aliphatic rings. The quantitative estimate of drug-likeness (QED) is 0.655. The molecule has 2 aromatic carbocycles. The third kappa shape index (κ3) is 2.76. The Morgan fingerprint density at radius 1 is 1.15 bits per heavy atom. The van der Waals surface area contributed by atoms with Gasteiger partial charge in [-0.1, -0.05) is 45.2 Å². The Bertz CT molecular complexity index is 775. The first kappa shape index (κ1) is 14.1. The standard InChI is InChI=1S/C13H8BrCl2N3S/c14-9-5-8(15)2-1-7(9)6-17-12-10(16)3-4-11-13(12)19-20-18-11/h1-5,17H,6H2. The molecule has 0 unspecified atom stereocenters. The van der Waals surface area contributed by atoms with Crippen LogP contribution in [0.5, 0.6) is 0 Å².